The van der Waals surface area contributed by atoms with Crippen LogP contribution in [0.4, 0.5) is 8.78 Å². The van der Waals surface area contributed by atoms with Gasteiger partial charge in [-0.1, -0.05) is 24.3 Å². The molecule has 0 spiro atoms. The number of piperidine rings is 1. The molecule has 2 aromatic carbocycles. The molecule has 9 heteroatoms. The Labute approximate surface area is 192 Å². The van der Waals surface area contributed by atoms with Gasteiger partial charge in [-0.25, -0.2) is 13.8 Å². The molecule has 4 aromatic rings. The molecule has 1 aliphatic heterocycles. The van der Waals surface area contributed by atoms with Gasteiger partial charge >= 0.3 is 0 Å². The minimum Gasteiger partial charge on any atom is -0.427 e. The highest BCUT2D eigenvalue weighted by Gasteiger charge is 2.39. The predicted octanol–water partition coefficient (Wildman–Crippen LogP) is 5.30. The van der Waals surface area contributed by atoms with E-state index in [9.17, 15) is 13.6 Å². The molecule has 6 nitrogen and oxygen atoms in total. The molecule has 0 N–H and O–H groups in total. The molecule has 0 bridgehead atoms. The summed E-state index contributed by atoms with van der Waals surface area (Å²) in [6.07, 6.45) is 3.70. The van der Waals surface area contributed by atoms with Gasteiger partial charge in [-0.3, -0.25) is 4.79 Å². The summed E-state index contributed by atoms with van der Waals surface area (Å²) in [5.41, 5.74) is 3.34. The van der Waals surface area contributed by atoms with Gasteiger partial charge in [0.05, 0.1) is 16.3 Å². The van der Waals surface area contributed by atoms with Gasteiger partial charge in [-0.2, -0.15) is 0 Å². The first-order valence-corrected chi connectivity index (χ1v) is 11.5. The highest BCUT2D eigenvalue weighted by Crippen LogP contribution is 2.37. The molecule has 1 amide bonds. The highest BCUT2D eigenvalue weighted by atomic mass is 32.1. The van der Waals surface area contributed by atoms with Crippen LogP contribution in [0, 0.1) is 11.6 Å². The Bertz CT molecular complexity index is 1240. The topological polar surface area (TPSA) is 72.1 Å². The predicted molar refractivity (Wildman–Crippen MR) is 119 cm³/mol. The van der Waals surface area contributed by atoms with Crippen molar-refractivity contribution in [2.75, 3.05) is 6.54 Å². The van der Waals surface area contributed by atoms with Crippen molar-refractivity contribution in [1.29, 1.82) is 0 Å². The Hall–Kier alpha value is -3.46. The van der Waals surface area contributed by atoms with Crippen LogP contribution in [0.3, 0.4) is 0 Å². The highest BCUT2D eigenvalue weighted by molar-refractivity contribution is 7.13. The van der Waals surface area contributed by atoms with Crippen molar-refractivity contribution in [3.8, 4) is 10.4 Å². The van der Waals surface area contributed by atoms with Crippen LogP contribution in [0.15, 0.2) is 64.9 Å². The summed E-state index contributed by atoms with van der Waals surface area (Å²) in [5.74, 6) is -1.07. The van der Waals surface area contributed by atoms with Gasteiger partial charge < -0.3 is 9.32 Å². The van der Waals surface area contributed by atoms with E-state index in [1.165, 1.54) is 42.0 Å². The van der Waals surface area contributed by atoms with E-state index in [4.69, 9.17) is 4.42 Å². The maximum atomic E-state index is 14.1. The van der Waals surface area contributed by atoms with E-state index >= 15 is 0 Å². The standard InChI is InChI=1S/C24H20F2N4O2S/c25-17-9-7-15(8-10-17)22-21(27-14-33-22)24(31)30-11-2-1-6-19(30)20(23-29-28-13-32-23)16-4-3-5-18(26)12-16/h3-5,7-10,12-14,19-20H,1-2,6,11H2/t19?,20-/m0/s1. The Kier molecular flexibility index (Phi) is 5.95. The maximum absolute atomic E-state index is 14.1. The summed E-state index contributed by atoms with van der Waals surface area (Å²) in [6.45, 7) is 0.532. The molecular formula is C24H20F2N4O2S. The average Bonchev–Trinajstić information content (AvgIpc) is 3.53. The third-order valence-corrected chi connectivity index (χ3v) is 6.80. The van der Waals surface area contributed by atoms with Crippen LogP contribution in [0.1, 0.15) is 47.1 Å². The number of carbonyl (C=O) groups excluding carboxylic acids is 1. The molecule has 2 atom stereocenters. The molecule has 33 heavy (non-hydrogen) atoms. The van der Waals surface area contributed by atoms with Gasteiger partial charge in [0.25, 0.3) is 5.91 Å². The minimum absolute atomic E-state index is 0.221. The SMILES string of the molecule is O=C(c1ncsc1-c1ccc(F)cc1)N1CCCCC1[C@H](c1cccc(F)c1)c1nnco1. The number of nitrogens with zero attached hydrogens (tertiary/aromatic N) is 4. The quantitative estimate of drug-likeness (QED) is 0.399. The second-order valence-electron chi connectivity index (χ2n) is 7.91. The van der Waals surface area contributed by atoms with E-state index in [0.29, 0.717) is 35.0 Å². The Morgan fingerprint density at radius 2 is 1.97 bits per heavy atom. The number of halogens is 2. The lowest BCUT2D eigenvalue weighted by molar-refractivity contribution is 0.0574. The van der Waals surface area contributed by atoms with Crippen molar-refractivity contribution in [3.05, 3.63) is 89.2 Å². The van der Waals surface area contributed by atoms with Gasteiger partial charge in [-0.15, -0.1) is 21.5 Å². The molecule has 0 radical (unpaired) electrons. The molecule has 1 aliphatic rings. The lowest BCUT2D eigenvalue weighted by Gasteiger charge is -2.39. The smallest absolute Gasteiger partial charge is 0.274 e. The Morgan fingerprint density at radius 1 is 1.12 bits per heavy atom. The summed E-state index contributed by atoms with van der Waals surface area (Å²) in [5, 5.41) is 7.91. The van der Waals surface area contributed by atoms with Crippen LogP contribution >= 0.6 is 11.3 Å². The third kappa shape index (κ3) is 4.28. The zero-order valence-corrected chi connectivity index (χ0v) is 18.3. The second kappa shape index (κ2) is 9.19. The number of thiazole rings is 1. The molecule has 1 unspecified atom stereocenters. The van der Waals surface area contributed by atoms with Gasteiger partial charge in [0.2, 0.25) is 12.3 Å². The van der Waals surface area contributed by atoms with E-state index in [2.05, 4.69) is 15.2 Å². The Morgan fingerprint density at radius 3 is 2.73 bits per heavy atom. The monoisotopic (exact) mass is 466 g/mol. The number of likely N-dealkylation sites (tertiary alicyclic amines) is 1. The molecule has 2 aromatic heterocycles. The first kappa shape index (κ1) is 21.4. The summed E-state index contributed by atoms with van der Waals surface area (Å²) in [4.78, 5) is 20.6. The minimum atomic E-state index is -0.472. The Balaban J connectivity index is 1.53. The lowest BCUT2D eigenvalue weighted by atomic mass is 9.84. The van der Waals surface area contributed by atoms with Crippen LogP contribution in [0.25, 0.3) is 10.4 Å². The van der Waals surface area contributed by atoms with Crippen LogP contribution in [0.2, 0.25) is 0 Å². The van der Waals surface area contributed by atoms with Crippen molar-refractivity contribution in [1.82, 2.24) is 20.1 Å². The zero-order valence-electron chi connectivity index (χ0n) is 17.5. The van der Waals surface area contributed by atoms with E-state index in [1.807, 2.05) is 6.07 Å². The molecular weight excluding hydrogens is 446 g/mol. The molecule has 0 aliphatic carbocycles. The fourth-order valence-electron chi connectivity index (χ4n) is 4.44. The van der Waals surface area contributed by atoms with Crippen molar-refractivity contribution in [2.45, 2.75) is 31.2 Å². The normalized spacial score (nSPS) is 17.2. The number of hydrogen-bond acceptors (Lipinski definition) is 6. The van der Waals surface area contributed by atoms with Gasteiger partial charge in [0.15, 0.2) is 0 Å². The first-order valence-electron chi connectivity index (χ1n) is 10.6. The summed E-state index contributed by atoms with van der Waals surface area (Å²) >= 11 is 1.34. The van der Waals surface area contributed by atoms with Crippen molar-refractivity contribution < 1.29 is 18.0 Å². The van der Waals surface area contributed by atoms with Gasteiger partial charge in [0, 0.05) is 12.6 Å². The maximum Gasteiger partial charge on any atom is 0.274 e. The van der Waals surface area contributed by atoms with E-state index in [0.717, 1.165) is 18.4 Å². The summed E-state index contributed by atoms with van der Waals surface area (Å²) < 4.78 is 33.0. The van der Waals surface area contributed by atoms with Crippen molar-refractivity contribution >= 4 is 17.2 Å². The molecule has 0 saturated carbocycles. The van der Waals surface area contributed by atoms with Gasteiger partial charge in [0.1, 0.15) is 17.3 Å². The van der Waals surface area contributed by atoms with E-state index in [1.54, 1.807) is 28.6 Å². The van der Waals surface area contributed by atoms with E-state index in [-0.39, 0.29) is 23.6 Å². The fourth-order valence-corrected chi connectivity index (χ4v) is 5.23. The second-order valence-corrected chi connectivity index (χ2v) is 8.76. The van der Waals surface area contributed by atoms with E-state index < -0.39 is 5.92 Å². The number of rotatable bonds is 5. The number of benzene rings is 2. The first-order chi connectivity index (χ1) is 16.1. The van der Waals surface area contributed by atoms with Gasteiger partial charge in [-0.05, 0) is 54.7 Å². The van der Waals surface area contributed by atoms with Crippen LogP contribution < -0.4 is 0 Å². The molecule has 3 heterocycles. The van der Waals surface area contributed by atoms with Crippen molar-refractivity contribution in [3.63, 3.8) is 0 Å². The molecule has 1 fully saturated rings. The number of aromatic nitrogens is 3. The summed E-state index contributed by atoms with van der Waals surface area (Å²) in [6, 6.07) is 12.0. The van der Waals surface area contributed by atoms with Crippen LogP contribution in [-0.4, -0.2) is 38.6 Å². The summed E-state index contributed by atoms with van der Waals surface area (Å²) in [7, 11) is 0. The largest absolute Gasteiger partial charge is 0.427 e. The number of hydrogen-bond donors (Lipinski definition) is 0. The molecule has 1 saturated heterocycles. The van der Waals surface area contributed by atoms with Crippen molar-refractivity contribution in [2.24, 2.45) is 0 Å². The molecule has 5 rings (SSSR count). The van der Waals surface area contributed by atoms with Crippen LogP contribution in [0.5, 0.6) is 0 Å². The molecule has 168 valence electrons. The zero-order chi connectivity index (χ0) is 22.8. The fraction of sp³-hybridized carbons (Fsp3) is 0.250. The third-order valence-electron chi connectivity index (χ3n) is 5.92. The average molecular weight is 467 g/mol. The lowest BCUT2D eigenvalue weighted by Crippen LogP contribution is -2.47. The number of amides is 1. The van der Waals surface area contributed by atoms with Crippen LogP contribution in [-0.2, 0) is 0 Å². The number of carbonyl (C=O) groups is 1.